The highest BCUT2D eigenvalue weighted by atomic mass is 16.5. The lowest BCUT2D eigenvalue weighted by Crippen LogP contribution is -2.35. The normalized spacial score (nSPS) is 11.6. The number of ether oxygens (including phenoxy) is 2. The number of nitrogens with one attached hydrogen (secondary N) is 1. The maximum Gasteiger partial charge on any atom is 0.119 e. The third-order valence-electron chi connectivity index (χ3n) is 4.35. The van der Waals surface area contributed by atoms with E-state index in [9.17, 15) is 0 Å². The van der Waals surface area contributed by atoms with Gasteiger partial charge in [0.1, 0.15) is 5.75 Å². The van der Waals surface area contributed by atoms with Crippen LogP contribution < -0.4 is 10.1 Å². The lowest BCUT2D eigenvalue weighted by atomic mass is 9.78. The third-order valence-corrected chi connectivity index (χ3v) is 4.35. The lowest BCUT2D eigenvalue weighted by molar-refractivity contribution is 0.173. The average Bonchev–Trinajstić information content (AvgIpc) is 2.55. The fraction of sp³-hybridized carbons (Fsp3) is 0.667. The van der Waals surface area contributed by atoms with Gasteiger partial charge >= 0.3 is 0 Å². The summed E-state index contributed by atoms with van der Waals surface area (Å²) in [5, 5.41) is 3.52. The van der Waals surface area contributed by atoms with Crippen LogP contribution in [-0.2, 0) is 4.74 Å². The highest BCUT2D eigenvalue weighted by Gasteiger charge is 2.25. The molecule has 0 unspecified atom stereocenters. The Hall–Kier alpha value is -1.06. The van der Waals surface area contributed by atoms with Crippen LogP contribution in [0.15, 0.2) is 30.3 Å². The molecule has 0 heterocycles. The predicted octanol–water partition coefficient (Wildman–Crippen LogP) is 3.89. The SMILES string of the molecule is CCC(CC)(CCCOc1ccccc1)CNCCOC. The molecule has 0 aliphatic carbocycles. The van der Waals surface area contributed by atoms with E-state index in [0.717, 1.165) is 38.5 Å². The van der Waals surface area contributed by atoms with Crippen LogP contribution >= 0.6 is 0 Å². The maximum absolute atomic E-state index is 5.79. The van der Waals surface area contributed by atoms with E-state index in [1.165, 1.54) is 19.3 Å². The smallest absolute Gasteiger partial charge is 0.119 e. The highest BCUT2D eigenvalue weighted by Crippen LogP contribution is 2.31. The van der Waals surface area contributed by atoms with Gasteiger partial charge in [-0.1, -0.05) is 32.0 Å². The Kier molecular flexibility index (Phi) is 9.11. The number of methoxy groups -OCH3 is 1. The third kappa shape index (κ3) is 6.96. The molecule has 0 saturated carbocycles. The second-order valence-corrected chi connectivity index (χ2v) is 5.64. The molecule has 1 rings (SSSR count). The summed E-state index contributed by atoms with van der Waals surface area (Å²) >= 11 is 0. The van der Waals surface area contributed by atoms with Crippen molar-refractivity contribution >= 4 is 0 Å². The van der Waals surface area contributed by atoms with Gasteiger partial charge in [0, 0.05) is 20.2 Å². The van der Waals surface area contributed by atoms with Crippen LogP contribution in [0.3, 0.4) is 0 Å². The molecule has 3 nitrogen and oxygen atoms in total. The zero-order chi connectivity index (χ0) is 15.4. The van der Waals surface area contributed by atoms with E-state index < -0.39 is 0 Å². The first kappa shape index (κ1) is 18.0. The van der Waals surface area contributed by atoms with Crippen LogP contribution in [0, 0.1) is 5.41 Å². The van der Waals surface area contributed by atoms with Crippen molar-refractivity contribution in [2.75, 3.05) is 33.4 Å². The van der Waals surface area contributed by atoms with Crippen LogP contribution in [-0.4, -0.2) is 33.4 Å². The Morgan fingerprint density at radius 1 is 1.05 bits per heavy atom. The summed E-state index contributed by atoms with van der Waals surface area (Å²) in [7, 11) is 1.75. The quantitative estimate of drug-likeness (QED) is 0.593. The summed E-state index contributed by atoms with van der Waals surface area (Å²) in [5.41, 5.74) is 0.383. The molecule has 1 aromatic carbocycles. The van der Waals surface area contributed by atoms with Crippen molar-refractivity contribution in [1.29, 1.82) is 0 Å². The molecule has 0 saturated heterocycles. The van der Waals surface area contributed by atoms with Gasteiger partial charge in [0.05, 0.1) is 13.2 Å². The summed E-state index contributed by atoms with van der Waals surface area (Å²) in [6, 6.07) is 10.1. The highest BCUT2D eigenvalue weighted by molar-refractivity contribution is 5.20. The molecular formula is C18H31NO2. The number of benzene rings is 1. The number of para-hydroxylation sites is 1. The predicted molar refractivity (Wildman–Crippen MR) is 88.9 cm³/mol. The minimum Gasteiger partial charge on any atom is -0.494 e. The van der Waals surface area contributed by atoms with Crippen molar-refractivity contribution in [2.45, 2.75) is 39.5 Å². The van der Waals surface area contributed by atoms with E-state index in [0.29, 0.717) is 5.41 Å². The molecule has 0 spiro atoms. The first-order valence-corrected chi connectivity index (χ1v) is 8.14. The largest absolute Gasteiger partial charge is 0.494 e. The van der Waals surface area contributed by atoms with Crippen LogP contribution in [0.25, 0.3) is 0 Å². The van der Waals surface area contributed by atoms with Gasteiger partial charge in [-0.15, -0.1) is 0 Å². The summed E-state index contributed by atoms with van der Waals surface area (Å²) in [4.78, 5) is 0. The minimum atomic E-state index is 0.383. The van der Waals surface area contributed by atoms with Gasteiger partial charge in [-0.05, 0) is 43.2 Å². The van der Waals surface area contributed by atoms with Gasteiger partial charge in [-0.2, -0.15) is 0 Å². The van der Waals surface area contributed by atoms with Gasteiger partial charge in [-0.25, -0.2) is 0 Å². The van der Waals surface area contributed by atoms with Crippen molar-refractivity contribution in [3.05, 3.63) is 30.3 Å². The zero-order valence-corrected chi connectivity index (χ0v) is 13.9. The van der Waals surface area contributed by atoms with E-state index in [1.807, 2.05) is 30.3 Å². The molecule has 1 aromatic rings. The topological polar surface area (TPSA) is 30.5 Å². The monoisotopic (exact) mass is 293 g/mol. The molecule has 0 aliphatic heterocycles. The molecule has 0 fully saturated rings. The molecule has 120 valence electrons. The fourth-order valence-electron chi connectivity index (χ4n) is 2.62. The average molecular weight is 293 g/mol. The number of hydrogen-bond acceptors (Lipinski definition) is 3. The number of hydrogen-bond donors (Lipinski definition) is 1. The second-order valence-electron chi connectivity index (χ2n) is 5.64. The minimum absolute atomic E-state index is 0.383. The molecule has 0 radical (unpaired) electrons. The zero-order valence-electron chi connectivity index (χ0n) is 13.9. The van der Waals surface area contributed by atoms with Crippen molar-refractivity contribution < 1.29 is 9.47 Å². The number of rotatable bonds is 12. The van der Waals surface area contributed by atoms with E-state index >= 15 is 0 Å². The Labute approximate surface area is 130 Å². The van der Waals surface area contributed by atoms with Gasteiger partial charge < -0.3 is 14.8 Å². The standard InChI is InChI=1S/C18H31NO2/c1-4-18(5-2,16-19-13-15-20-3)12-9-14-21-17-10-7-6-8-11-17/h6-8,10-11,19H,4-5,9,12-16H2,1-3H3. The Balaban J connectivity index is 2.29. The van der Waals surface area contributed by atoms with Crippen molar-refractivity contribution in [1.82, 2.24) is 5.32 Å². The second kappa shape index (κ2) is 10.6. The molecule has 0 atom stereocenters. The van der Waals surface area contributed by atoms with Gasteiger partial charge in [0.2, 0.25) is 0 Å². The van der Waals surface area contributed by atoms with Gasteiger partial charge in [0.25, 0.3) is 0 Å². The first-order valence-electron chi connectivity index (χ1n) is 8.14. The fourth-order valence-corrected chi connectivity index (χ4v) is 2.62. The van der Waals surface area contributed by atoms with Crippen molar-refractivity contribution in [3.63, 3.8) is 0 Å². The van der Waals surface area contributed by atoms with E-state index in [4.69, 9.17) is 9.47 Å². The van der Waals surface area contributed by atoms with Crippen molar-refractivity contribution in [3.8, 4) is 5.75 Å². The summed E-state index contributed by atoms with van der Waals surface area (Å²) < 4.78 is 10.9. The van der Waals surface area contributed by atoms with Gasteiger partial charge in [0.15, 0.2) is 0 Å². The van der Waals surface area contributed by atoms with Crippen LogP contribution in [0.1, 0.15) is 39.5 Å². The van der Waals surface area contributed by atoms with Crippen LogP contribution in [0.5, 0.6) is 5.75 Å². The van der Waals surface area contributed by atoms with E-state index in [2.05, 4.69) is 19.2 Å². The summed E-state index contributed by atoms with van der Waals surface area (Å²) in [6.45, 7) is 8.15. The first-order chi connectivity index (χ1) is 10.3. The molecular weight excluding hydrogens is 262 g/mol. The summed E-state index contributed by atoms with van der Waals surface area (Å²) in [6.07, 6.45) is 4.71. The van der Waals surface area contributed by atoms with Crippen LogP contribution in [0.2, 0.25) is 0 Å². The Bertz CT molecular complexity index is 349. The lowest BCUT2D eigenvalue weighted by Gasteiger charge is -2.32. The Morgan fingerprint density at radius 2 is 1.76 bits per heavy atom. The molecule has 0 aromatic heterocycles. The van der Waals surface area contributed by atoms with E-state index in [1.54, 1.807) is 7.11 Å². The van der Waals surface area contributed by atoms with Gasteiger partial charge in [-0.3, -0.25) is 0 Å². The molecule has 0 amide bonds. The van der Waals surface area contributed by atoms with E-state index in [-0.39, 0.29) is 0 Å². The Morgan fingerprint density at radius 3 is 2.38 bits per heavy atom. The molecule has 1 N–H and O–H groups in total. The summed E-state index contributed by atoms with van der Waals surface area (Å²) in [5.74, 6) is 0.967. The van der Waals surface area contributed by atoms with Crippen LogP contribution in [0.4, 0.5) is 0 Å². The molecule has 3 heteroatoms. The van der Waals surface area contributed by atoms with Crippen molar-refractivity contribution in [2.24, 2.45) is 5.41 Å². The molecule has 0 aliphatic rings. The molecule has 0 bridgehead atoms. The molecule has 21 heavy (non-hydrogen) atoms. The maximum atomic E-state index is 5.79.